The molecule has 0 radical (unpaired) electrons. The highest BCUT2D eigenvalue weighted by molar-refractivity contribution is 5.81. The van der Waals surface area contributed by atoms with E-state index in [1.54, 1.807) is 0 Å². The van der Waals surface area contributed by atoms with Gasteiger partial charge in [-0.2, -0.15) is 0 Å². The molecule has 0 atom stereocenters. The maximum atomic E-state index is 12.5. The largest absolute Gasteiger partial charge is 0.409 e. The first kappa shape index (κ1) is 14.0. The summed E-state index contributed by atoms with van der Waals surface area (Å²) in [5, 5.41) is 11.5. The van der Waals surface area contributed by atoms with Crippen LogP contribution in [0.25, 0.3) is 0 Å². The standard InChI is InChI=1S/C13H24N4O2/c14-12(15-19)7-10-17(11-5-6-11)13(18)16-8-3-1-2-4-9-16/h11,19H,1-10H2,(H2,14,15). The zero-order chi connectivity index (χ0) is 13.7. The highest BCUT2D eigenvalue weighted by atomic mass is 16.4. The van der Waals surface area contributed by atoms with E-state index >= 15 is 0 Å². The minimum Gasteiger partial charge on any atom is -0.409 e. The predicted molar refractivity (Wildman–Crippen MR) is 73.2 cm³/mol. The van der Waals surface area contributed by atoms with Crippen LogP contribution in [0.3, 0.4) is 0 Å². The Morgan fingerprint density at radius 1 is 1.26 bits per heavy atom. The second kappa shape index (κ2) is 6.63. The number of likely N-dealkylation sites (tertiary alicyclic amines) is 1. The molecule has 2 amide bonds. The average molecular weight is 268 g/mol. The van der Waals surface area contributed by atoms with Crippen molar-refractivity contribution < 1.29 is 10.0 Å². The molecule has 0 spiro atoms. The van der Waals surface area contributed by atoms with Crippen LogP contribution in [-0.4, -0.2) is 52.5 Å². The molecule has 6 heteroatoms. The van der Waals surface area contributed by atoms with E-state index in [9.17, 15) is 4.79 Å². The molecule has 3 N–H and O–H groups in total. The zero-order valence-electron chi connectivity index (χ0n) is 11.4. The molecule has 0 unspecified atom stereocenters. The van der Waals surface area contributed by atoms with Crippen LogP contribution < -0.4 is 5.73 Å². The lowest BCUT2D eigenvalue weighted by atomic mass is 10.2. The molecule has 2 fully saturated rings. The van der Waals surface area contributed by atoms with Crippen molar-refractivity contribution >= 4 is 11.9 Å². The predicted octanol–water partition coefficient (Wildman–Crippen LogP) is 1.58. The third-order valence-corrected chi connectivity index (χ3v) is 3.85. The van der Waals surface area contributed by atoms with E-state index < -0.39 is 0 Å². The molecule has 0 aromatic rings. The summed E-state index contributed by atoms with van der Waals surface area (Å²) in [5.41, 5.74) is 5.49. The Labute approximate surface area is 114 Å². The van der Waals surface area contributed by atoms with Gasteiger partial charge in [-0.3, -0.25) is 0 Å². The summed E-state index contributed by atoms with van der Waals surface area (Å²) in [7, 11) is 0. The quantitative estimate of drug-likeness (QED) is 0.351. The first-order chi connectivity index (χ1) is 9.22. The van der Waals surface area contributed by atoms with E-state index in [1.165, 1.54) is 12.8 Å². The summed E-state index contributed by atoms with van der Waals surface area (Å²) in [6.07, 6.45) is 7.24. The Bertz CT molecular complexity index is 334. The molecular weight excluding hydrogens is 244 g/mol. The van der Waals surface area contributed by atoms with Crippen molar-refractivity contribution in [3.63, 3.8) is 0 Å². The fraction of sp³-hybridized carbons (Fsp3) is 0.846. The zero-order valence-corrected chi connectivity index (χ0v) is 11.4. The van der Waals surface area contributed by atoms with Gasteiger partial charge in [0, 0.05) is 32.1 Å². The molecule has 1 aliphatic carbocycles. The van der Waals surface area contributed by atoms with Crippen molar-refractivity contribution in [2.24, 2.45) is 10.9 Å². The number of amides is 2. The van der Waals surface area contributed by atoms with Crippen molar-refractivity contribution in [1.29, 1.82) is 0 Å². The summed E-state index contributed by atoms with van der Waals surface area (Å²) in [5.74, 6) is 0.189. The van der Waals surface area contributed by atoms with Gasteiger partial charge in [-0.15, -0.1) is 0 Å². The number of nitrogens with two attached hydrogens (primary N) is 1. The van der Waals surface area contributed by atoms with Crippen LogP contribution in [0.4, 0.5) is 4.79 Å². The number of hydrogen-bond donors (Lipinski definition) is 2. The van der Waals surface area contributed by atoms with Crippen LogP contribution >= 0.6 is 0 Å². The van der Waals surface area contributed by atoms with Crippen LogP contribution in [0.1, 0.15) is 44.9 Å². The topological polar surface area (TPSA) is 82.2 Å². The third kappa shape index (κ3) is 4.01. The number of hydrogen-bond acceptors (Lipinski definition) is 3. The molecule has 1 heterocycles. The highest BCUT2D eigenvalue weighted by Gasteiger charge is 2.34. The second-order valence-electron chi connectivity index (χ2n) is 5.45. The van der Waals surface area contributed by atoms with Crippen molar-refractivity contribution in [2.45, 2.75) is 51.0 Å². The van der Waals surface area contributed by atoms with Gasteiger partial charge in [-0.25, -0.2) is 4.79 Å². The van der Waals surface area contributed by atoms with Crippen molar-refractivity contribution in [3.8, 4) is 0 Å². The van der Waals surface area contributed by atoms with Gasteiger partial charge in [-0.1, -0.05) is 18.0 Å². The molecule has 2 aliphatic rings. The first-order valence-corrected chi connectivity index (χ1v) is 7.24. The molecule has 6 nitrogen and oxygen atoms in total. The normalized spacial score (nSPS) is 21.1. The Morgan fingerprint density at radius 2 is 1.89 bits per heavy atom. The summed E-state index contributed by atoms with van der Waals surface area (Å²) < 4.78 is 0. The van der Waals surface area contributed by atoms with Crippen LogP contribution in [0.2, 0.25) is 0 Å². The van der Waals surface area contributed by atoms with E-state index in [1.807, 2.05) is 9.80 Å². The van der Waals surface area contributed by atoms with Crippen LogP contribution in [-0.2, 0) is 0 Å². The molecular formula is C13H24N4O2. The Hall–Kier alpha value is -1.46. The molecule has 2 rings (SSSR count). The lowest BCUT2D eigenvalue weighted by Gasteiger charge is -2.30. The van der Waals surface area contributed by atoms with Gasteiger partial charge in [0.25, 0.3) is 0 Å². The lowest BCUT2D eigenvalue weighted by molar-refractivity contribution is 0.152. The van der Waals surface area contributed by atoms with Crippen LogP contribution in [0, 0.1) is 0 Å². The minimum atomic E-state index is 0.134. The number of urea groups is 1. The molecule has 19 heavy (non-hydrogen) atoms. The molecule has 1 saturated heterocycles. The third-order valence-electron chi connectivity index (χ3n) is 3.85. The van der Waals surface area contributed by atoms with Gasteiger partial charge in [0.05, 0.1) is 0 Å². The number of nitrogens with zero attached hydrogens (tertiary/aromatic N) is 3. The summed E-state index contributed by atoms with van der Waals surface area (Å²) in [4.78, 5) is 16.4. The Morgan fingerprint density at radius 3 is 2.42 bits per heavy atom. The summed E-state index contributed by atoms with van der Waals surface area (Å²) in [6, 6.07) is 0.498. The van der Waals surface area contributed by atoms with Crippen molar-refractivity contribution in [3.05, 3.63) is 0 Å². The summed E-state index contributed by atoms with van der Waals surface area (Å²) >= 11 is 0. The van der Waals surface area contributed by atoms with E-state index in [-0.39, 0.29) is 11.9 Å². The maximum absolute atomic E-state index is 12.5. The molecule has 1 saturated carbocycles. The van der Waals surface area contributed by atoms with Gasteiger partial charge >= 0.3 is 6.03 Å². The van der Waals surface area contributed by atoms with Gasteiger partial charge in [-0.05, 0) is 25.7 Å². The van der Waals surface area contributed by atoms with Gasteiger partial charge in [0.1, 0.15) is 5.84 Å². The number of carbonyl (C=O) groups is 1. The lowest BCUT2D eigenvalue weighted by Crippen LogP contribution is -2.45. The first-order valence-electron chi connectivity index (χ1n) is 7.24. The van der Waals surface area contributed by atoms with E-state index in [4.69, 9.17) is 10.9 Å². The monoisotopic (exact) mass is 268 g/mol. The molecule has 0 bridgehead atoms. The summed E-state index contributed by atoms with van der Waals surface area (Å²) in [6.45, 7) is 2.28. The van der Waals surface area contributed by atoms with Crippen LogP contribution in [0.15, 0.2) is 5.16 Å². The van der Waals surface area contributed by atoms with Crippen LogP contribution in [0.5, 0.6) is 0 Å². The fourth-order valence-corrected chi connectivity index (χ4v) is 2.55. The SMILES string of the molecule is NC(CCN(C(=O)N1CCCCCC1)C1CC1)=NO. The number of oxime groups is 1. The molecule has 1 aliphatic heterocycles. The second-order valence-corrected chi connectivity index (χ2v) is 5.45. The molecule has 0 aromatic carbocycles. The van der Waals surface area contributed by atoms with E-state index in [2.05, 4.69) is 5.16 Å². The Kier molecular flexibility index (Phi) is 4.87. The maximum Gasteiger partial charge on any atom is 0.320 e. The molecule has 108 valence electrons. The Balaban J connectivity index is 1.91. The number of amidine groups is 1. The minimum absolute atomic E-state index is 0.134. The number of rotatable bonds is 4. The smallest absolute Gasteiger partial charge is 0.320 e. The van der Waals surface area contributed by atoms with Gasteiger partial charge in [0.15, 0.2) is 0 Å². The molecule has 0 aromatic heterocycles. The highest BCUT2D eigenvalue weighted by Crippen LogP contribution is 2.28. The van der Waals surface area contributed by atoms with Crippen molar-refractivity contribution in [2.75, 3.05) is 19.6 Å². The average Bonchev–Trinajstić information content (AvgIpc) is 3.24. The number of carbonyl (C=O) groups excluding carboxylic acids is 1. The van der Waals surface area contributed by atoms with E-state index in [0.29, 0.717) is 19.0 Å². The fourth-order valence-electron chi connectivity index (χ4n) is 2.55. The van der Waals surface area contributed by atoms with Crippen molar-refractivity contribution in [1.82, 2.24) is 9.80 Å². The van der Waals surface area contributed by atoms with Gasteiger partial charge in [0.2, 0.25) is 0 Å². The van der Waals surface area contributed by atoms with Gasteiger partial charge < -0.3 is 20.7 Å². The van der Waals surface area contributed by atoms with E-state index in [0.717, 1.165) is 38.8 Å².